The second-order valence-corrected chi connectivity index (χ2v) is 6.89. The van der Waals surface area contributed by atoms with Crippen molar-refractivity contribution in [1.82, 2.24) is 15.5 Å². The second kappa shape index (κ2) is 7.28. The van der Waals surface area contributed by atoms with E-state index < -0.39 is 5.60 Å². The Hall–Kier alpha value is -1.98. The molecule has 1 aromatic heterocycles. The van der Waals surface area contributed by atoms with E-state index in [-0.39, 0.29) is 0 Å². The molecule has 2 aromatic rings. The summed E-state index contributed by atoms with van der Waals surface area (Å²) < 4.78 is 0. The zero-order chi connectivity index (χ0) is 17.0. The molecule has 1 aromatic carbocycles. The maximum atomic E-state index is 10.8. The Morgan fingerprint density at radius 1 is 1.29 bits per heavy atom. The average Bonchev–Trinajstić information content (AvgIpc) is 2.61. The summed E-state index contributed by atoms with van der Waals surface area (Å²) in [7, 11) is 0. The van der Waals surface area contributed by atoms with Crippen molar-refractivity contribution < 1.29 is 5.11 Å². The van der Waals surface area contributed by atoms with Crippen LogP contribution in [-0.4, -0.2) is 41.0 Å². The van der Waals surface area contributed by atoms with Crippen molar-refractivity contribution in [3.63, 3.8) is 0 Å². The fourth-order valence-corrected chi connectivity index (χ4v) is 3.17. The summed E-state index contributed by atoms with van der Waals surface area (Å²) in [6.07, 6.45) is 3.92. The summed E-state index contributed by atoms with van der Waals surface area (Å²) in [5.41, 5.74) is 1.28. The summed E-state index contributed by atoms with van der Waals surface area (Å²) in [4.78, 5) is 2.26. The number of hydrogen-bond donors (Lipinski definition) is 2. The highest BCUT2D eigenvalue weighted by Crippen LogP contribution is 2.22. The third-order valence-electron chi connectivity index (χ3n) is 4.71. The van der Waals surface area contributed by atoms with E-state index in [1.165, 1.54) is 5.56 Å². The number of piperidine rings is 1. The zero-order valence-electron chi connectivity index (χ0n) is 14.4. The number of aliphatic hydroxyl groups is 1. The molecule has 1 aliphatic rings. The standard InChI is InChI=1S/C19H26N4O/c1-15-7-9-16(10-8-15)19(2,24)14-20-17-5-4-12-23(13-17)18-6-3-11-21-22-18/h3,6-11,17,20,24H,4-5,12-14H2,1-2H3/t17-,19-/m1/s1. The minimum Gasteiger partial charge on any atom is -0.384 e. The highest BCUT2D eigenvalue weighted by molar-refractivity contribution is 5.37. The highest BCUT2D eigenvalue weighted by atomic mass is 16.3. The van der Waals surface area contributed by atoms with Crippen molar-refractivity contribution in [3.05, 3.63) is 53.7 Å². The summed E-state index contributed by atoms with van der Waals surface area (Å²) in [5, 5.41) is 22.5. The largest absolute Gasteiger partial charge is 0.384 e. The summed E-state index contributed by atoms with van der Waals surface area (Å²) in [6.45, 7) is 6.36. The molecule has 0 unspecified atom stereocenters. The van der Waals surface area contributed by atoms with E-state index in [2.05, 4.69) is 27.3 Å². The van der Waals surface area contributed by atoms with Crippen molar-refractivity contribution in [2.45, 2.75) is 38.3 Å². The lowest BCUT2D eigenvalue weighted by atomic mass is 9.94. The normalized spacial score (nSPS) is 20.6. The number of nitrogens with one attached hydrogen (secondary N) is 1. The first-order valence-electron chi connectivity index (χ1n) is 8.60. The van der Waals surface area contributed by atoms with Gasteiger partial charge in [0, 0.05) is 31.9 Å². The molecule has 1 saturated heterocycles. The van der Waals surface area contributed by atoms with Gasteiger partial charge in [-0.3, -0.25) is 0 Å². The Labute approximate surface area is 143 Å². The number of benzene rings is 1. The maximum Gasteiger partial charge on any atom is 0.151 e. The third kappa shape index (κ3) is 4.10. The van der Waals surface area contributed by atoms with Gasteiger partial charge in [0.2, 0.25) is 0 Å². The number of hydrogen-bond acceptors (Lipinski definition) is 5. The molecule has 2 atom stereocenters. The molecule has 1 fully saturated rings. The Balaban J connectivity index is 1.58. The number of aryl methyl sites for hydroxylation is 1. The zero-order valence-corrected chi connectivity index (χ0v) is 14.4. The minimum atomic E-state index is -0.872. The molecular formula is C19H26N4O. The molecule has 24 heavy (non-hydrogen) atoms. The Kier molecular flexibility index (Phi) is 5.11. The quantitative estimate of drug-likeness (QED) is 0.882. The first-order valence-corrected chi connectivity index (χ1v) is 8.60. The van der Waals surface area contributed by atoms with Gasteiger partial charge in [-0.25, -0.2) is 0 Å². The van der Waals surface area contributed by atoms with Gasteiger partial charge in [-0.15, -0.1) is 5.10 Å². The van der Waals surface area contributed by atoms with Gasteiger partial charge < -0.3 is 15.3 Å². The highest BCUT2D eigenvalue weighted by Gasteiger charge is 2.26. The predicted octanol–water partition coefficient (Wildman–Crippen LogP) is 2.25. The molecule has 0 saturated carbocycles. The lowest BCUT2D eigenvalue weighted by molar-refractivity contribution is 0.0532. The van der Waals surface area contributed by atoms with Crippen LogP contribution in [0, 0.1) is 6.92 Å². The SMILES string of the molecule is Cc1ccc([C@](C)(O)CN[C@@H]2CCCN(c3cccnn3)C2)cc1. The molecule has 128 valence electrons. The molecule has 3 rings (SSSR count). The van der Waals surface area contributed by atoms with Crippen LogP contribution in [0.2, 0.25) is 0 Å². The van der Waals surface area contributed by atoms with Crippen molar-refractivity contribution in [3.8, 4) is 0 Å². The lowest BCUT2D eigenvalue weighted by Gasteiger charge is -2.35. The second-order valence-electron chi connectivity index (χ2n) is 6.89. The topological polar surface area (TPSA) is 61.3 Å². The van der Waals surface area contributed by atoms with E-state index in [1.54, 1.807) is 6.20 Å². The third-order valence-corrected chi connectivity index (χ3v) is 4.71. The van der Waals surface area contributed by atoms with E-state index in [0.29, 0.717) is 12.6 Å². The van der Waals surface area contributed by atoms with E-state index in [0.717, 1.165) is 37.3 Å². The molecule has 5 nitrogen and oxygen atoms in total. The van der Waals surface area contributed by atoms with Gasteiger partial charge in [0.25, 0.3) is 0 Å². The van der Waals surface area contributed by atoms with Gasteiger partial charge in [0.1, 0.15) is 0 Å². The van der Waals surface area contributed by atoms with Crippen LogP contribution in [0.25, 0.3) is 0 Å². The van der Waals surface area contributed by atoms with Gasteiger partial charge in [0.05, 0.1) is 5.60 Å². The predicted molar refractivity (Wildman–Crippen MR) is 96.0 cm³/mol. The Morgan fingerprint density at radius 2 is 2.08 bits per heavy atom. The smallest absolute Gasteiger partial charge is 0.151 e. The monoisotopic (exact) mass is 326 g/mol. The molecular weight excluding hydrogens is 300 g/mol. The van der Waals surface area contributed by atoms with Gasteiger partial charge in [-0.1, -0.05) is 29.8 Å². The van der Waals surface area contributed by atoms with E-state index in [9.17, 15) is 5.11 Å². The number of nitrogens with zero attached hydrogens (tertiary/aromatic N) is 3. The van der Waals surface area contributed by atoms with Gasteiger partial charge in [-0.2, -0.15) is 5.10 Å². The average molecular weight is 326 g/mol. The first-order chi connectivity index (χ1) is 11.5. The summed E-state index contributed by atoms with van der Waals surface area (Å²) >= 11 is 0. The molecule has 5 heteroatoms. The molecule has 0 spiro atoms. The number of anilines is 1. The fraction of sp³-hybridized carbons (Fsp3) is 0.474. The number of aromatic nitrogens is 2. The molecule has 1 aliphatic heterocycles. The Morgan fingerprint density at radius 3 is 2.79 bits per heavy atom. The van der Waals surface area contributed by atoms with E-state index in [1.807, 2.05) is 43.3 Å². The van der Waals surface area contributed by atoms with Gasteiger partial charge in [0.15, 0.2) is 5.82 Å². The van der Waals surface area contributed by atoms with Crippen molar-refractivity contribution in [1.29, 1.82) is 0 Å². The van der Waals surface area contributed by atoms with Crippen molar-refractivity contribution >= 4 is 5.82 Å². The van der Waals surface area contributed by atoms with Crippen LogP contribution in [0.3, 0.4) is 0 Å². The van der Waals surface area contributed by atoms with Crippen molar-refractivity contribution in [2.75, 3.05) is 24.5 Å². The fourth-order valence-electron chi connectivity index (χ4n) is 3.17. The molecule has 0 aliphatic carbocycles. The van der Waals surface area contributed by atoms with Crippen LogP contribution in [-0.2, 0) is 5.60 Å². The first kappa shape index (κ1) is 16.9. The molecule has 0 radical (unpaired) electrons. The van der Waals surface area contributed by atoms with Crippen LogP contribution in [0.5, 0.6) is 0 Å². The van der Waals surface area contributed by atoms with E-state index in [4.69, 9.17) is 0 Å². The maximum absolute atomic E-state index is 10.8. The van der Waals surface area contributed by atoms with Crippen LogP contribution in [0.1, 0.15) is 30.9 Å². The van der Waals surface area contributed by atoms with Crippen molar-refractivity contribution in [2.24, 2.45) is 0 Å². The molecule has 0 amide bonds. The van der Waals surface area contributed by atoms with Crippen LogP contribution < -0.4 is 10.2 Å². The van der Waals surface area contributed by atoms with Crippen LogP contribution in [0.15, 0.2) is 42.6 Å². The Bertz CT molecular complexity index is 642. The van der Waals surface area contributed by atoms with Crippen LogP contribution in [0.4, 0.5) is 5.82 Å². The van der Waals surface area contributed by atoms with E-state index >= 15 is 0 Å². The molecule has 0 bridgehead atoms. The lowest BCUT2D eigenvalue weighted by Crippen LogP contribution is -2.49. The minimum absolute atomic E-state index is 0.345. The number of rotatable bonds is 5. The van der Waals surface area contributed by atoms with Gasteiger partial charge >= 0.3 is 0 Å². The molecule has 2 heterocycles. The van der Waals surface area contributed by atoms with Crippen LogP contribution >= 0.6 is 0 Å². The molecule has 2 N–H and O–H groups in total. The summed E-state index contributed by atoms with van der Waals surface area (Å²) in [6, 6.07) is 12.4. The summed E-state index contributed by atoms with van der Waals surface area (Å²) in [5.74, 6) is 0.925. The van der Waals surface area contributed by atoms with Gasteiger partial charge in [-0.05, 0) is 44.4 Å².